The van der Waals surface area contributed by atoms with Gasteiger partial charge in [-0.05, 0) is 33.2 Å². The van der Waals surface area contributed by atoms with E-state index in [-0.39, 0.29) is 35.2 Å². The van der Waals surface area contributed by atoms with Crippen molar-refractivity contribution in [2.24, 2.45) is 0 Å². The second kappa shape index (κ2) is 9.79. The first-order chi connectivity index (χ1) is 10.5. The summed E-state index contributed by atoms with van der Waals surface area (Å²) in [6, 6.07) is 2.03. The normalized spacial score (nSPS) is 18.1. The third kappa shape index (κ3) is 6.80. The minimum atomic E-state index is -0.340. The van der Waals surface area contributed by atoms with Crippen molar-refractivity contribution < 1.29 is 14.1 Å². The van der Waals surface area contributed by atoms with Crippen LogP contribution in [0.1, 0.15) is 25.5 Å². The van der Waals surface area contributed by atoms with E-state index in [1.54, 1.807) is 19.9 Å². The molecule has 0 radical (unpaired) electrons. The van der Waals surface area contributed by atoms with Gasteiger partial charge in [0.1, 0.15) is 5.76 Å². The van der Waals surface area contributed by atoms with E-state index in [4.69, 9.17) is 4.52 Å². The van der Waals surface area contributed by atoms with E-state index in [1.807, 2.05) is 0 Å². The van der Waals surface area contributed by atoms with Gasteiger partial charge in [-0.2, -0.15) is 0 Å². The molecule has 1 saturated heterocycles. The molecule has 0 bridgehead atoms. The quantitative estimate of drug-likeness (QED) is 0.677. The summed E-state index contributed by atoms with van der Waals surface area (Å²) >= 11 is 1.30. The molecular weight excluding hydrogens is 340 g/mol. The Morgan fingerprint density at radius 3 is 2.96 bits per heavy atom. The fourth-order valence-corrected chi connectivity index (χ4v) is 2.86. The molecule has 2 atom stereocenters. The van der Waals surface area contributed by atoms with E-state index >= 15 is 0 Å². The molecule has 1 aromatic rings. The third-order valence-electron chi connectivity index (χ3n) is 3.42. The molecule has 0 saturated carbocycles. The lowest BCUT2D eigenvalue weighted by molar-refractivity contribution is -0.118. The van der Waals surface area contributed by atoms with Gasteiger partial charge in [0.15, 0.2) is 5.82 Å². The predicted octanol–water partition coefficient (Wildman–Crippen LogP) is 1.33. The zero-order valence-corrected chi connectivity index (χ0v) is 14.9. The average molecular weight is 363 g/mol. The highest BCUT2D eigenvalue weighted by molar-refractivity contribution is 8.01. The first-order valence-electron chi connectivity index (χ1n) is 7.40. The number of carbonyl (C=O) groups is 2. The summed E-state index contributed by atoms with van der Waals surface area (Å²) in [6.07, 6.45) is 2.26. The lowest BCUT2D eigenvalue weighted by atomic mass is 10.2. The van der Waals surface area contributed by atoms with Crippen molar-refractivity contribution >= 4 is 41.8 Å². The van der Waals surface area contributed by atoms with Crippen LogP contribution in [0.2, 0.25) is 0 Å². The van der Waals surface area contributed by atoms with Crippen LogP contribution in [-0.2, 0) is 9.59 Å². The molecule has 1 aromatic heterocycles. The highest BCUT2D eigenvalue weighted by atomic mass is 35.5. The van der Waals surface area contributed by atoms with Crippen molar-refractivity contribution in [3.63, 3.8) is 0 Å². The summed E-state index contributed by atoms with van der Waals surface area (Å²) in [5.74, 6) is 1.06. The third-order valence-corrected chi connectivity index (χ3v) is 4.56. The second-order valence-corrected chi connectivity index (χ2v) is 6.69. The minimum Gasteiger partial charge on any atom is -0.360 e. The standard InChI is InChI=1S/C14H22N4O3S.ClH/c1-9-6-12(18-21-9)17-14(20)10(2)22-8-13(19)16-7-11-4-3-5-15-11;/h6,10-11,15H,3-5,7-8H2,1-2H3,(H,16,19)(H,17,18,20);1H. The van der Waals surface area contributed by atoms with Crippen LogP contribution in [0.15, 0.2) is 10.6 Å². The molecule has 1 fully saturated rings. The maximum atomic E-state index is 11.9. The Hall–Kier alpha value is -1.25. The average Bonchev–Trinajstić information content (AvgIpc) is 3.14. The summed E-state index contributed by atoms with van der Waals surface area (Å²) in [5, 5.41) is 12.2. The topological polar surface area (TPSA) is 96.3 Å². The molecule has 1 aliphatic heterocycles. The molecule has 3 N–H and O–H groups in total. The monoisotopic (exact) mass is 362 g/mol. The maximum Gasteiger partial charge on any atom is 0.238 e. The van der Waals surface area contributed by atoms with Crippen molar-refractivity contribution in [3.8, 4) is 0 Å². The van der Waals surface area contributed by atoms with Crippen LogP contribution in [0.4, 0.5) is 5.82 Å². The number of nitrogens with zero attached hydrogens (tertiary/aromatic N) is 1. The number of nitrogens with one attached hydrogen (secondary N) is 3. The predicted molar refractivity (Wildman–Crippen MR) is 93.1 cm³/mol. The van der Waals surface area contributed by atoms with Crippen molar-refractivity contribution in [1.29, 1.82) is 0 Å². The van der Waals surface area contributed by atoms with Crippen molar-refractivity contribution in [2.45, 2.75) is 38.0 Å². The molecule has 2 amide bonds. The largest absolute Gasteiger partial charge is 0.360 e. The Kier molecular flexibility index (Phi) is 8.43. The molecule has 0 aliphatic carbocycles. The number of rotatable bonds is 7. The lowest BCUT2D eigenvalue weighted by Gasteiger charge is -2.13. The van der Waals surface area contributed by atoms with Crippen molar-refractivity contribution in [2.75, 3.05) is 24.2 Å². The first kappa shape index (κ1) is 19.8. The first-order valence-corrected chi connectivity index (χ1v) is 8.45. The van der Waals surface area contributed by atoms with E-state index in [2.05, 4.69) is 21.1 Å². The van der Waals surface area contributed by atoms with Gasteiger partial charge < -0.3 is 20.5 Å². The number of aryl methyl sites for hydroxylation is 1. The number of anilines is 1. The Morgan fingerprint density at radius 2 is 2.35 bits per heavy atom. The van der Waals surface area contributed by atoms with Crippen LogP contribution in [0.5, 0.6) is 0 Å². The Bertz CT molecular complexity index is 520. The Morgan fingerprint density at radius 1 is 1.57 bits per heavy atom. The van der Waals surface area contributed by atoms with Gasteiger partial charge in [-0.25, -0.2) is 0 Å². The molecule has 7 nitrogen and oxygen atoms in total. The van der Waals surface area contributed by atoms with E-state index < -0.39 is 0 Å². The number of amides is 2. The molecule has 1 aliphatic rings. The molecule has 0 aromatic carbocycles. The van der Waals surface area contributed by atoms with Crippen LogP contribution in [0.25, 0.3) is 0 Å². The number of halogens is 1. The zero-order valence-electron chi connectivity index (χ0n) is 13.3. The van der Waals surface area contributed by atoms with Gasteiger partial charge in [0.25, 0.3) is 0 Å². The highest BCUT2D eigenvalue weighted by Crippen LogP contribution is 2.14. The van der Waals surface area contributed by atoms with Gasteiger partial charge in [0.05, 0.1) is 11.0 Å². The molecule has 2 rings (SSSR count). The van der Waals surface area contributed by atoms with Gasteiger partial charge in [-0.3, -0.25) is 9.59 Å². The van der Waals surface area contributed by atoms with E-state index in [0.29, 0.717) is 24.2 Å². The SMILES string of the molecule is Cc1cc(NC(=O)C(C)SCC(=O)NCC2CCCN2)no1.Cl. The van der Waals surface area contributed by atoms with E-state index in [0.717, 1.165) is 19.4 Å². The summed E-state index contributed by atoms with van der Waals surface area (Å²) in [4.78, 5) is 23.7. The summed E-state index contributed by atoms with van der Waals surface area (Å²) in [7, 11) is 0. The molecule has 23 heavy (non-hydrogen) atoms. The van der Waals surface area contributed by atoms with Gasteiger partial charge in [0, 0.05) is 18.7 Å². The summed E-state index contributed by atoms with van der Waals surface area (Å²) in [6.45, 7) is 5.19. The van der Waals surface area contributed by atoms with E-state index in [1.165, 1.54) is 11.8 Å². The van der Waals surface area contributed by atoms with Gasteiger partial charge in [-0.1, -0.05) is 5.16 Å². The highest BCUT2D eigenvalue weighted by Gasteiger charge is 2.18. The number of thioether (sulfide) groups is 1. The molecule has 2 unspecified atom stereocenters. The van der Waals surface area contributed by atoms with E-state index in [9.17, 15) is 9.59 Å². The van der Waals surface area contributed by atoms with Crippen molar-refractivity contribution in [3.05, 3.63) is 11.8 Å². The number of carbonyl (C=O) groups excluding carboxylic acids is 2. The van der Waals surface area contributed by atoms with Crippen LogP contribution in [-0.4, -0.2) is 47.1 Å². The Balaban J connectivity index is 0.00000264. The van der Waals surface area contributed by atoms with Crippen LogP contribution < -0.4 is 16.0 Å². The molecule has 130 valence electrons. The fourth-order valence-electron chi connectivity index (χ4n) is 2.15. The summed E-state index contributed by atoms with van der Waals surface area (Å²) < 4.78 is 4.88. The Labute approximate surface area is 146 Å². The fraction of sp³-hybridized carbons (Fsp3) is 0.643. The molecule has 9 heteroatoms. The zero-order chi connectivity index (χ0) is 15.9. The lowest BCUT2D eigenvalue weighted by Crippen LogP contribution is -2.38. The molecular formula is C14H23ClN4O3S. The van der Waals surface area contributed by atoms with Crippen LogP contribution in [0, 0.1) is 6.92 Å². The van der Waals surface area contributed by atoms with Gasteiger partial charge >= 0.3 is 0 Å². The molecule has 0 spiro atoms. The van der Waals surface area contributed by atoms with Gasteiger partial charge in [0.2, 0.25) is 11.8 Å². The number of hydrogen-bond donors (Lipinski definition) is 3. The van der Waals surface area contributed by atoms with Crippen LogP contribution >= 0.6 is 24.2 Å². The van der Waals surface area contributed by atoms with Crippen LogP contribution in [0.3, 0.4) is 0 Å². The van der Waals surface area contributed by atoms with Crippen molar-refractivity contribution in [1.82, 2.24) is 15.8 Å². The summed E-state index contributed by atoms with van der Waals surface area (Å²) in [5.41, 5.74) is 0. The number of aromatic nitrogens is 1. The minimum absolute atomic E-state index is 0. The smallest absolute Gasteiger partial charge is 0.238 e. The molecule has 2 heterocycles. The maximum absolute atomic E-state index is 11.9. The number of hydrogen-bond acceptors (Lipinski definition) is 6. The second-order valence-electron chi connectivity index (χ2n) is 5.36. The van der Waals surface area contributed by atoms with Gasteiger partial charge in [-0.15, -0.1) is 24.2 Å².